The van der Waals surface area contributed by atoms with Crippen LogP contribution in [0, 0.1) is 5.82 Å². The van der Waals surface area contributed by atoms with Crippen molar-refractivity contribution in [2.24, 2.45) is 0 Å². The summed E-state index contributed by atoms with van der Waals surface area (Å²) in [5.74, 6) is -0.0334. The van der Waals surface area contributed by atoms with Gasteiger partial charge in [0, 0.05) is 49.1 Å². The molecule has 1 N–H and O–H groups in total. The first-order valence-corrected chi connectivity index (χ1v) is 15.3. The smallest absolute Gasteiger partial charge is 0.256 e. The van der Waals surface area contributed by atoms with Crippen molar-refractivity contribution in [3.8, 4) is 5.75 Å². The second-order valence-corrected chi connectivity index (χ2v) is 11.3. The van der Waals surface area contributed by atoms with Gasteiger partial charge >= 0.3 is 0 Å². The number of carbonyl (C=O) groups excluding carboxylic acids is 2. The Hall–Kier alpha value is -3.73. The van der Waals surface area contributed by atoms with Crippen LogP contribution in [-0.2, 0) is 9.59 Å². The van der Waals surface area contributed by atoms with E-state index in [1.165, 1.54) is 17.0 Å². The lowest BCUT2D eigenvalue weighted by molar-refractivity contribution is -0.124. The van der Waals surface area contributed by atoms with Crippen LogP contribution in [0.3, 0.4) is 0 Å². The van der Waals surface area contributed by atoms with Gasteiger partial charge in [-0.3, -0.25) is 19.4 Å². The molecule has 1 atom stereocenters. The maximum atomic E-state index is 13.8. The molecule has 226 valence electrons. The summed E-state index contributed by atoms with van der Waals surface area (Å²) in [6, 6.07) is 20.0. The number of hydrogen-bond acceptors (Lipinski definition) is 6. The number of halogens is 2. The van der Waals surface area contributed by atoms with Gasteiger partial charge in [0.2, 0.25) is 5.91 Å². The normalized spacial score (nSPS) is 17.5. The summed E-state index contributed by atoms with van der Waals surface area (Å²) in [7, 11) is 0. The van der Waals surface area contributed by atoms with E-state index in [4.69, 9.17) is 28.6 Å². The van der Waals surface area contributed by atoms with Gasteiger partial charge in [0.05, 0.1) is 18.7 Å². The summed E-state index contributed by atoms with van der Waals surface area (Å²) in [5.41, 5.74) is 2.27. The van der Waals surface area contributed by atoms with E-state index in [1.807, 2.05) is 48.2 Å². The van der Waals surface area contributed by atoms with Crippen LogP contribution in [0.5, 0.6) is 5.75 Å². The molecule has 2 aliphatic rings. The number of amides is 2. The van der Waals surface area contributed by atoms with Crippen LogP contribution in [0.25, 0.3) is 0 Å². The van der Waals surface area contributed by atoms with Crippen LogP contribution >= 0.6 is 23.8 Å². The highest BCUT2D eigenvalue weighted by atomic mass is 35.5. The molecule has 3 aromatic carbocycles. The highest BCUT2D eigenvalue weighted by Gasteiger charge is 2.44. The Balaban J connectivity index is 1.23. The topological polar surface area (TPSA) is 68.4 Å². The molecular formula is C32H35ClFN5O3S. The number of nitrogens with zero attached hydrogens (tertiary/aromatic N) is 4. The monoisotopic (exact) mass is 623 g/mol. The molecule has 0 radical (unpaired) electrons. The second-order valence-electron chi connectivity index (χ2n) is 10.5. The van der Waals surface area contributed by atoms with Crippen LogP contribution in [0.2, 0.25) is 5.02 Å². The fourth-order valence-corrected chi connectivity index (χ4v) is 5.99. The predicted octanol–water partition coefficient (Wildman–Crippen LogP) is 5.42. The van der Waals surface area contributed by atoms with E-state index in [2.05, 4.69) is 15.1 Å². The first-order valence-electron chi connectivity index (χ1n) is 14.5. The van der Waals surface area contributed by atoms with Crippen molar-refractivity contribution >= 4 is 57.8 Å². The van der Waals surface area contributed by atoms with Gasteiger partial charge in [0.25, 0.3) is 5.91 Å². The van der Waals surface area contributed by atoms with E-state index >= 15 is 0 Å². The highest BCUT2D eigenvalue weighted by molar-refractivity contribution is 7.80. The fourth-order valence-electron chi connectivity index (χ4n) is 5.45. The highest BCUT2D eigenvalue weighted by Crippen LogP contribution is 2.29. The minimum Gasteiger partial charge on any atom is -0.494 e. The first-order chi connectivity index (χ1) is 20.8. The van der Waals surface area contributed by atoms with Crippen LogP contribution < -0.4 is 19.9 Å². The van der Waals surface area contributed by atoms with E-state index in [1.54, 1.807) is 24.3 Å². The summed E-state index contributed by atoms with van der Waals surface area (Å²) in [4.78, 5) is 34.9. The number of carbonyl (C=O) groups is 2. The van der Waals surface area contributed by atoms with Gasteiger partial charge in [-0.1, -0.05) is 11.6 Å². The molecule has 0 spiro atoms. The van der Waals surface area contributed by atoms with E-state index in [9.17, 15) is 14.0 Å². The molecule has 2 heterocycles. The molecule has 0 unspecified atom stereocenters. The van der Waals surface area contributed by atoms with Crippen LogP contribution in [0.15, 0.2) is 72.8 Å². The zero-order valence-corrected chi connectivity index (χ0v) is 25.6. The van der Waals surface area contributed by atoms with Gasteiger partial charge in [0.1, 0.15) is 17.6 Å². The quantitative estimate of drug-likeness (QED) is 0.286. The SMILES string of the molecule is CCOc1ccc(N2C(=O)[C@@H](CC(=O)Nc3ccc(Cl)cc3)N(CCCN3CCN(c4ccc(F)cc4)CC3)C2=S)cc1. The zero-order valence-electron chi connectivity index (χ0n) is 24.0. The van der Waals surface area contributed by atoms with Crippen molar-refractivity contribution in [1.82, 2.24) is 9.80 Å². The summed E-state index contributed by atoms with van der Waals surface area (Å²) in [6.45, 7) is 7.29. The average molecular weight is 624 g/mol. The van der Waals surface area contributed by atoms with Crippen molar-refractivity contribution in [2.45, 2.75) is 25.8 Å². The van der Waals surface area contributed by atoms with Gasteiger partial charge in [-0.25, -0.2) is 4.39 Å². The molecule has 2 aliphatic heterocycles. The van der Waals surface area contributed by atoms with Gasteiger partial charge in [-0.2, -0.15) is 0 Å². The van der Waals surface area contributed by atoms with E-state index in [0.717, 1.165) is 44.8 Å². The summed E-state index contributed by atoms with van der Waals surface area (Å²) < 4.78 is 18.9. The molecular weight excluding hydrogens is 589 g/mol. The lowest BCUT2D eigenvalue weighted by atomic mass is 10.1. The number of rotatable bonds is 11. The van der Waals surface area contributed by atoms with Gasteiger partial charge < -0.3 is 19.9 Å². The Bertz CT molecular complexity index is 1420. The third kappa shape index (κ3) is 7.62. The largest absolute Gasteiger partial charge is 0.494 e. The molecule has 2 amide bonds. The van der Waals surface area contributed by atoms with E-state index < -0.39 is 6.04 Å². The Morgan fingerprint density at radius 2 is 1.60 bits per heavy atom. The molecule has 2 fully saturated rings. The Morgan fingerprint density at radius 3 is 2.26 bits per heavy atom. The van der Waals surface area contributed by atoms with Crippen LogP contribution in [-0.4, -0.2) is 78.6 Å². The standard InChI is InChI=1S/C32H35ClFN5O3S/c1-2-42-28-14-12-27(13-15-28)39-31(41)29(22-30(40)35-25-8-4-23(33)5-9-25)38(32(39)43)17-3-16-36-18-20-37(21-19-36)26-10-6-24(34)7-11-26/h4-15,29H,2-3,16-22H2,1H3,(H,35,40)/t29-/m1/s1. The molecule has 5 rings (SSSR count). The number of hydrogen-bond donors (Lipinski definition) is 1. The number of piperazine rings is 1. The number of anilines is 3. The third-order valence-electron chi connectivity index (χ3n) is 7.67. The molecule has 11 heteroatoms. The number of thiocarbonyl (C=S) groups is 1. The van der Waals surface area contributed by atoms with E-state index in [0.29, 0.717) is 40.4 Å². The van der Waals surface area contributed by atoms with Gasteiger partial charge in [-0.05, 0) is 105 Å². The van der Waals surface area contributed by atoms with Crippen molar-refractivity contribution in [3.05, 3.63) is 83.6 Å². The summed E-state index contributed by atoms with van der Waals surface area (Å²) in [5, 5.41) is 3.83. The molecule has 0 aromatic heterocycles. The molecule has 0 saturated carbocycles. The Kier molecular flexibility index (Phi) is 10.1. The summed E-state index contributed by atoms with van der Waals surface area (Å²) >= 11 is 11.8. The predicted molar refractivity (Wildman–Crippen MR) is 173 cm³/mol. The van der Waals surface area contributed by atoms with E-state index in [-0.39, 0.29) is 24.1 Å². The zero-order chi connectivity index (χ0) is 30.3. The fraction of sp³-hybridized carbons (Fsp3) is 0.344. The van der Waals surface area contributed by atoms with Crippen molar-refractivity contribution in [3.63, 3.8) is 0 Å². The Labute approximate surface area is 261 Å². The minimum atomic E-state index is -0.721. The third-order valence-corrected chi connectivity index (χ3v) is 8.34. The Morgan fingerprint density at radius 1 is 0.953 bits per heavy atom. The second kappa shape index (κ2) is 14.2. The van der Waals surface area contributed by atoms with Gasteiger partial charge in [-0.15, -0.1) is 0 Å². The summed E-state index contributed by atoms with van der Waals surface area (Å²) in [6.07, 6.45) is 0.738. The average Bonchev–Trinajstić information content (AvgIpc) is 3.23. The van der Waals surface area contributed by atoms with Gasteiger partial charge in [0.15, 0.2) is 5.11 Å². The number of benzene rings is 3. The molecule has 2 saturated heterocycles. The van der Waals surface area contributed by atoms with Crippen molar-refractivity contribution < 1.29 is 18.7 Å². The molecule has 43 heavy (non-hydrogen) atoms. The van der Waals surface area contributed by atoms with Crippen LogP contribution in [0.4, 0.5) is 21.5 Å². The minimum absolute atomic E-state index is 0.0362. The molecule has 8 nitrogen and oxygen atoms in total. The lowest BCUT2D eigenvalue weighted by Gasteiger charge is -2.36. The molecule has 3 aromatic rings. The number of nitrogens with one attached hydrogen (secondary N) is 1. The first kappa shape index (κ1) is 30.7. The maximum Gasteiger partial charge on any atom is 0.256 e. The number of ether oxygens (including phenoxy) is 1. The maximum absolute atomic E-state index is 13.8. The van der Waals surface area contributed by atoms with Crippen molar-refractivity contribution in [1.29, 1.82) is 0 Å². The van der Waals surface area contributed by atoms with Crippen molar-refractivity contribution in [2.75, 3.05) is 61.0 Å². The molecule has 0 bridgehead atoms. The van der Waals surface area contributed by atoms with Crippen LogP contribution in [0.1, 0.15) is 19.8 Å². The lowest BCUT2D eigenvalue weighted by Crippen LogP contribution is -2.47. The molecule has 0 aliphatic carbocycles.